The molecule has 4 aromatic rings. The number of aromatic nitrogens is 4. The molecule has 6 heteroatoms. The second kappa shape index (κ2) is 8.65. The Morgan fingerprint density at radius 2 is 1.69 bits per heavy atom. The number of benzene rings is 1. The second-order valence-corrected chi connectivity index (χ2v) is 6.84. The lowest BCUT2D eigenvalue weighted by atomic mass is 10.1. The van der Waals surface area contributed by atoms with Gasteiger partial charge < -0.3 is 9.73 Å². The van der Waals surface area contributed by atoms with Crippen LogP contribution in [-0.4, -0.2) is 26.5 Å². The summed E-state index contributed by atoms with van der Waals surface area (Å²) in [7, 11) is 0. The van der Waals surface area contributed by atoms with Crippen molar-refractivity contribution >= 4 is 5.82 Å². The van der Waals surface area contributed by atoms with Crippen LogP contribution >= 0.6 is 0 Å². The summed E-state index contributed by atoms with van der Waals surface area (Å²) in [6, 6.07) is 14.0. The zero-order chi connectivity index (χ0) is 20.1. The number of oxazole rings is 1. The normalized spacial score (nSPS) is 10.8. The molecule has 6 nitrogen and oxygen atoms in total. The Labute approximate surface area is 170 Å². The van der Waals surface area contributed by atoms with Crippen LogP contribution in [0, 0.1) is 6.92 Å². The SMILES string of the molecule is CCc1cc(NCCc2coc(-c3ccc(C)cc3)n2)nc(-c2ccncc2)n1. The van der Waals surface area contributed by atoms with Gasteiger partial charge in [0.05, 0.1) is 5.69 Å². The predicted molar refractivity (Wildman–Crippen MR) is 114 cm³/mol. The molecule has 1 N–H and O–H groups in total. The lowest BCUT2D eigenvalue weighted by Gasteiger charge is -2.09. The number of nitrogens with one attached hydrogen (secondary N) is 1. The Bertz CT molecular complexity index is 1070. The van der Waals surface area contributed by atoms with Crippen LogP contribution in [0.4, 0.5) is 5.82 Å². The van der Waals surface area contributed by atoms with Gasteiger partial charge in [-0.2, -0.15) is 0 Å². The van der Waals surface area contributed by atoms with E-state index in [0.717, 1.165) is 41.2 Å². The summed E-state index contributed by atoms with van der Waals surface area (Å²) in [5.74, 6) is 2.17. The number of rotatable bonds is 7. The molecule has 0 radical (unpaired) electrons. The van der Waals surface area contributed by atoms with Gasteiger partial charge in [0, 0.05) is 48.2 Å². The molecule has 146 valence electrons. The number of hydrogen-bond acceptors (Lipinski definition) is 6. The fourth-order valence-electron chi connectivity index (χ4n) is 2.97. The Morgan fingerprint density at radius 1 is 0.897 bits per heavy atom. The summed E-state index contributed by atoms with van der Waals surface area (Å²) in [6.45, 7) is 4.86. The van der Waals surface area contributed by atoms with E-state index < -0.39 is 0 Å². The summed E-state index contributed by atoms with van der Waals surface area (Å²) in [5.41, 5.74) is 5.06. The second-order valence-electron chi connectivity index (χ2n) is 6.84. The first-order chi connectivity index (χ1) is 14.2. The van der Waals surface area contributed by atoms with Gasteiger partial charge in [0.1, 0.15) is 12.1 Å². The number of nitrogens with zero attached hydrogens (tertiary/aromatic N) is 4. The van der Waals surface area contributed by atoms with Gasteiger partial charge >= 0.3 is 0 Å². The third-order valence-electron chi connectivity index (χ3n) is 4.62. The Hall–Kier alpha value is -3.54. The van der Waals surface area contributed by atoms with Crippen molar-refractivity contribution in [2.75, 3.05) is 11.9 Å². The van der Waals surface area contributed by atoms with Crippen molar-refractivity contribution < 1.29 is 4.42 Å². The van der Waals surface area contributed by atoms with Crippen LogP contribution in [0.5, 0.6) is 0 Å². The highest BCUT2D eigenvalue weighted by atomic mass is 16.3. The molecule has 29 heavy (non-hydrogen) atoms. The summed E-state index contributed by atoms with van der Waals surface area (Å²) >= 11 is 0. The summed E-state index contributed by atoms with van der Waals surface area (Å²) in [5, 5.41) is 3.39. The third kappa shape index (κ3) is 4.66. The summed E-state index contributed by atoms with van der Waals surface area (Å²) in [4.78, 5) is 17.9. The molecule has 0 saturated carbocycles. The standard InChI is InChI=1S/C23H23N5O/c1-3-19-14-21(28-22(26-19)17-8-11-24-12-9-17)25-13-10-20-15-29-23(27-20)18-6-4-16(2)5-7-18/h4-9,11-12,14-15H,3,10,13H2,1-2H3,(H,25,26,28). The smallest absolute Gasteiger partial charge is 0.226 e. The van der Waals surface area contributed by atoms with Crippen molar-refractivity contribution in [3.05, 3.63) is 78.1 Å². The number of hydrogen-bond donors (Lipinski definition) is 1. The highest BCUT2D eigenvalue weighted by Gasteiger charge is 2.08. The molecular formula is C23H23N5O. The van der Waals surface area contributed by atoms with Gasteiger partial charge in [-0.05, 0) is 37.6 Å². The van der Waals surface area contributed by atoms with E-state index in [1.54, 1.807) is 18.7 Å². The van der Waals surface area contributed by atoms with Crippen molar-refractivity contribution in [2.24, 2.45) is 0 Å². The zero-order valence-electron chi connectivity index (χ0n) is 16.6. The monoisotopic (exact) mass is 385 g/mol. The number of pyridine rings is 1. The van der Waals surface area contributed by atoms with Crippen LogP contribution < -0.4 is 5.32 Å². The van der Waals surface area contributed by atoms with Crippen LogP contribution in [-0.2, 0) is 12.8 Å². The lowest BCUT2D eigenvalue weighted by Crippen LogP contribution is -2.08. The molecule has 3 aromatic heterocycles. The largest absolute Gasteiger partial charge is 0.444 e. The fraction of sp³-hybridized carbons (Fsp3) is 0.217. The molecule has 0 bridgehead atoms. The van der Waals surface area contributed by atoms with E-state index in [-0.39, 0.29) is 0 Å². The van der Waals surface area contributed by atoms with Gasteiger partial charge in [0.25, 0.3) is 0 Å². The van der Waals surface area contributed by atoms with Crippen molar-refractivity contribution in [2.45, 2.75) is 26.7 Å². The molecule has 0 atom stereocenters. The van der Waals surface area contributed by atoms with Crippen LogP contribution in [0.25, 0.3) is 22.8 Å². The van der Waals surface area contributed by atoms with Gasteiger partial charge in [-0.1, -0.05) is 24.6 Å². The number of anilines is 1. The Morgan fingerprint density at radius 3 is 2.45 bits per heavy atom. The zero-order valence-corrected chi connectivity index (χ0v) is 16.6. The van der Waals surface area contributed by atoms with Crippen molar-refractivity contribution in [1.82, 2.24) is 19.9 Å². The van der Waals surface area contributed by atoms with Crippen molar-refractivity contribution in [3.63, 3.8) is 0 Å². The maximum absolute atomic E-state index is 5.64. The summed E-state index contributed by atoms with van der Waals surface area (Å²) in [6.07, 6.45) is 6.81. The first-order valence-electron chi connectivity index (χ1n) is 9.75. The van der Waals surface area contributed by atoms with E-state index in [9.17, 15) is 0 Å². The summed E-state index contributed by atoms with van der Waals surface area (Å²) < 4.78 is 5.64. The minimum Gasteiger partial charge on any atom is -0.444 e. The van der Waals surface area contributed by atoms with E-state index in [4.69, 9.17) is 4.42 Å². The molecular weight excluding hydrogens is 362 g/mol. The quantitative estimate of drug-likeness (QED) is 0.496. The van der Waals surface area contributed by atoms with Crippen LogP contribution in [0.15, 0.2) is 65.5 Å². The van der Waals surface area contributed by atoms with Gasteiger partial charge in [-0.25, -0.2) is 15.0 Å². The first-order valence-corrected chi connectivity index (χ1v) is 9.75. The highest BCUT2D eigenvalue weighted by molar-refractivity contribution is 5.57. The highest BCUT2D eigenvalue weighted by Crippen LogP contribution is 2.20. The van der Waals surface area contributed by atoms with Crippen molar-refractivity contribution in [3.8, 4) is 22.8 Å². The van der Waals surface area contributed by atoms with Crippen LogP contribution in [0.1, 0.15) is 23.9 Å². The Kier molecular flexibility index (Phi) is 5.61. The maximum atomic E-state index is 5.64. The van der Waals surface area contributed by atoms with E-state index in [1.165, 1.54) is 5.56 Å². The molecule has 4 rings (SSSR count). The molecule has 0 aliphatic carbocycles. The molecule has 0 fully saturated rings. The van der Waals surface area contributed by atoms with Crippen LogP contribution in [0.3, 0.4) is 0 Å². The van der Waals surface area contributed by atoms with Crippen LogP contribution in [0.2, 0.25) is 0 Å². The molecule has 0 unspecified atom stereocenters. The topological polar surface area (TPSA) is 76.7 Å². The third-order valence-corrected chi connectivity index (χ3v) is 4.62. The van der Waals surface area contributed by atoms with Gasteiger partial charge in [0.15, 0.2) is 5.82 Å². The van der Waals surface area contributed by atoms with E-state index in [0.29, 0.717) is 18.3 Å². The first kappa shape index (κ1) is 18.8. The lowest BCUT2D eigenvalue weighted by molar-refractivity contribution is 0.572. The van der Waals surface area contributed by atoms with E-state index >= 15 is 0 Å². The molecule has 0 spiro atoms. The van der Waals surface area contributed by atoms with Crippen molar-refractivity contribution in [1.29, 1.82) is 0 Å². The molecule has 0 aliphatic rings. The molecule has 0 saturated heterocycles. The maximum Gasteiger partial charge on any atom is 0.226 e. The average molecular weight is 385 g/mol. The van der Waals surface area contributed by atoms with E-state index in [2.05, 4.69) is 51.2 Å². The molecule has 0 amide bonds. The minimum absolute atomic E-state index is 0.648. The molecule has 0 aliphatic heterocycles. The molecule has 3 heterocycles. The number of aryl methyl sites for hydroxylation is 2. The molecule has 1 aromatic carbocycles. The minimum atomic E-state index is 0.648. The predicted octanol–water partition coefficient (Wildman–Crippen LogP) is 4.72. The fourth-order valence-corrected chi connectivity index (χ4v) is 2.97. The Balaban J connectivity index is 1.42. The average Bonchev–Trinajstić information content (AvgIpc) is 3.23. The van der Waals surface area contributed by atoms with Gasteiger partial charge in [-0.3, -0.25) is 4.98 Å². The van der Waals surface area contributed by atoms with Gasteiger partial charge in [-0.15, -0.1) is 0 Å². The van der Waals surface area contributed by atoms with Gasteiger partial charge in [0.2, 0.25) is 5.89 Å². The van der Waals surface area contributed by atoms with E-state index in [1.807, 2.05) is 30.3 Å².